The van der Waals surface area contributed by atoms with Crippen molar-refractivity contribution in [2.24, 2.45) is 5.92 Å². The third-order valence-corrected chi connectivity index (χ3v) is 3.10. The number of hydrogen-bond donors (Lipinski definition) is 2. The Hall–Kier alpha value is -1.59. The van der Waals surface area contributed by atoms with E-state index in [-0.39, 0.29) is 29.7 Å². The topological polar surface area (TPSA) is 78.5 Å². The van der Waals surface area contributed by atoms with Crippen LogP contribution in [0.5, 0.6) is 0 Å². The molecule has 1 aliphatic rings. The molecule has 0 spiro atoms. The van der Waals surface area contributed by atoms with Crippen LogP contribution < -0.4 is 10.6 Å². The van der Waals surface area contributed by atoms with E-state index < -0.39 is 6.04 Å². The maximum atomic E-state index is 12.1. The Kier molecular flexibility index (Phi) is 4.69. The third kappa shape index (κ3) is 3.45. The largest absolute Gasteiger partial charge is 0.354 e. The fraction of sp³-hybridized carbons (Fsp3) is 0.750. The van der Waals surface area contributed by atoms with Crippen LogP contribution in [0.4, 0.5) is 0 Å². The van der Waals surface area contributed by atoms with E-state index in [2.05, 4.69) is 10.6 Å². The maximum Gasteiger partial charge on any atom is 0.244 e. The van der Waals surface area contributed by atoms with Crippen molar-refractivity contribution in [2.45, 2.75) is 39.3 Å². The van der Waals surface area contributed by atoms with Crippen molar-refractivity contribution in [1.29, 1.82) is 0 Å². The first kappa shape index (κ1) is 14.5. The summed E-state index contributed by atoms with van der Waals surface area (Å²) in [5.41, 5.74) is 0. The van der Waals surface area contributed by atoms with Gasteiger partial charge in [0.1, 0.15) is 6.04 Å². The molecular weight excluding hydrogens is 234 g/mol. The second-order valence-corrected chi connectivity index (χ2v) is 5.00. The molecule has 1 rings (SSSR count). The summed E-state index contributed by atoms with van der Waals surface area (Å²) in [6.07, 6.45) is 0.326. The highest BCUT2D eigenvalue weighted by Gasteiger charge is 2.30. The SMILES string of the molecule is CC(C)C(=O)N[C@@H](C)C(=O)N(C)[C@H]1CNC(=O)C1. The first-order valence-corrected chi connectivity index (χ1v) is 6.16. The molecule has 0 aromatic carbocycles. The molecule has 3 amide bonds. The summed E-state index contributed by atoms with van der Waals surface area (Å²) in [6, 6.07) is -0.691. The lowest BCUT2D eigenvalue weighted by Gasteiger charge is -2.26. The zero-order valence-electron chi connectivity index (χ0n) is 11.3. The molecule has 2 atom stereocenters. The molecular formula is C12H21N3O3. The molecule has 0 aliphatic carbocycles. The number of nitrogens with zero attached hydrogens (tertiary/aromatic N) is 1. The first-order chi connectivity index (χ1) is 8.32. The normalized spacial score (nSPS) is 20.5. The van der Waals surface area contributed by atoms with E-state index in [1.54, 1.807) is 27.8 Å². The van der Waals surface area contributed by atoms with Crippen molar-refractivity contribution in [1.82, 2.24) is 15.5 Å². The number of rotatable bonds is 4. The van der Waals surface area contributed by atoms with Gasteiger partial charge >= 0.3 is 0 Å². The Morgan fingerprint density at radius 1 is 1.39 bits per heavy atom. The molecule has 0 aromatic rings. The summed E-state index contributed by atoms with van der Waals surface area (Å²) in [6.45, 7) is 5.68. The molecule has 6 heteroatoms. The Bertz CT molecular complexity index is 354. The van der Waals surface area contributed by atoms with Gasteiger partial charge in [-0.2, -0.15) is 0 Å². The molecule has 0 bridgehead atoms. The number of hydrogen-bond acceptors (Lipinski definition) is 3. The van der Waals surface area contributed by atoms with E-state index in [0.29, 0.717) is 13.0 Å². The quantitative estimate of drug-likeness (QED) is 0.710. The van der Waals surface area contributed by atoms with Crippen molar-refractivity contribution >= 4 is 17.7 Å². The minimum Gasteiger partial charge on any atom is -0.354 e. The Morgan fingerprint density at radius 3 is 2.44 bits per heavy atom. The molecule has 1 aliphatic heterocycles. The minimum atomic E-state index is -0.569. The van der Waals surface area contributed by atoms with Crippen molar-refractivity contribution < 1.29 is 14.4 Å². The van der Waals surface area contributed by atoms with Gasteiger partial charge < -0.3 is 15.5 Å². The zero-order chi connectivity index (χ0) is 13.9. The van der Waals surface area contributed by atoms with Crippen LogP contribution in [0.1, 0.15) is 27.2 Å². The summed E-state index contributed by atoms with van der Waals surface area (Å²) in [5, 5.41) is 5.34. The van der Waals surface area contributed by atoms with Gasteiger partial charge in [-0.3, -0.25) is 14.4 Å². The number of likely N-dealkylation sites (N-methyl/N-ethyl adjacent to an activating group) is 1. The van der Waals surface area contributed by atoms with Crippen molar-refractivity contribution in [3.63, 3.8) is 0 Å². The monoisotopic (exact) mass is 255 g/mol. The van der Waals surface area contributed by atoms with E-state index in [4.69, 9.17) is 0 Å². The van der Waals surface area contributed by atoms with Crippen LogP contribution in [0, 0.1) is 5.92 Å². The number of carbonyl (C=O) groups excluding carboxylic acids is 3. The maximum absolute atomic E-state index is 12.1. The Labute approximate surface area is 107 Å². The molecule has 6 nitrogen and oxygen atoms in total. The van der Waals surface area contributed by atoms with Crippen molar-refractivity contribution in [3.8, 4) is 0 Å². The van der Waals surface area contributed by atoms with Crippen LogP contribution in [0.15, 0.2) is 0 Å². The number of nitrogens with one attached hydrogen (secondary N) is 2. The zero-order valence-corrected chi connectivity index (χ0v) is 11.3. The smallest absolute Gasteiger partial charge is 0.244 e. The molecule has 0 unspecified atom stereocenters. The van der Waals surface area contributed by atoms with Gasteiger partial charge in [0.2, 0.25) is 17.7 Å². The standard InChI is InChI=1S/C12H21N3O3/c1-7(2)11(17)14-8(3)12(18)15(4)9-5-10(16)13-6-9/h7-9H,5-6H2,1-4H3,(H,13,16)(H,14,17)/t8-,9+/m0/s1. The fourth-order valence-electron chi connectivity index (χ4n) is 1.79. The van der Waals surface area contributed by atoms with E-state index in [1.807, 2.05) is 0 Å². The average molecular weight is 255 g/mol. The Morgan fingerprint density at radius 2 is 2.00 bits per heavy atom. The first-order valence-electron chi connectivity index (χ1n) is 6.16. The van der Waals surface area contributed by atoms with Crippen LogP contribution in [-0.2, 0) is 14.4 Å². The van der Waals surface area contributed by atoms with E-state index in [9.17, 15) is 14.4 Å². The highest BCUT2D eigenvalue weighted by atomic mass is 16.2. The summed E-state index contributed by atoms with van der Waals surface area (Å²) >= 11 is 0. The third-order valence-electron chi connectivity index (χ3n) is 3.10. The minimum absolute atomic E-state index is 0.0430. The van der Waals surface area contributed by atoms with Gasteiger partial charge in [0.15, 0.2) is 0 Å². The molecule has 1 saturated heterocycles. The van der Waals surface area contributed by atoms with Crippen LogP contribution in [0.3, 0.4) is 0 Å². The average Bonchev–Trinajstić information content (AvgIpc) is 2.73. The molecule has 1 fully saturated rings. The lowest BCUT2D eigenvalue weighted by molar-refractivity contribution is -0.137. The van der Waals surface area contributed by atoms with Gasteiger partial charge in [0, 0.05) is 25.9 Å². The predicted octanol–water partition coefficient (Wildman–Crippen LogP) is -0.506. The van der Waals surface area contributed by atoms with Gasteiger partial charge in [-0.25, -0.2) is 0 Å². The highest BCUT2D eigenvalue weighted by Crippen LogP contribution is 2.09. The molecule has 0 aromatic heterocycles. The summed E-state index contributed by atoms with van der Waals surface area (Å²) in [5.74, 6) is -0.519. The molecule has 0 radical (unpaired) electrons. The van der Waals surface area contributed by atoms with Gasteiger partial charge in [-0.05, 0) is 6.92 Å². The second kappa shape index (κ2) is 5.84. The van der Waals surface area contributed by atoms with Crippen LogP contribution >= 0.6 is 0 Å². The molecule has 2 N–H and O–H groups in total. The summed E-state index contributed by atoms with van der Waals surface area (Å²) in [7, 11) is 1.66. The van der Waals surface area contributed by atoms with Gasteiger partial charge in [-0.1, -0.05) is 13.8 Å². The van der Waals surface area contributed by atoms with Crippen molar-refractivity contribution in [2.75, 3.05) is 13.6 Å². The molecule has 0 saturated carbocycles. The van der Waals surface area contributed by atoms with Gasteiger partial charge in [-0.15, -0.1) is 0 Å². The summed E-state index contributed by atoms with van der Waals surface area (Å²) in [4.78, 5) is 36.2. The summed E-state index contributed by atoms with van der Waals surface area (Å²) < 4.78 is 0. The van der Waals surface area contributed by atoms with Crippen LogP contribution in [-0.4, -0.2) is 48.3 Å². The number of carbonyl (C=O) groups is 3. The number of amides is 3. The molecule has 1 heterocycles. The second-order valence-electron chi connectivity index (χ2n) is 5.00. The molecule has 18 heavy (non-hydrogen) atoms. The van der Waals surface area contributed by atoms with Crippen molar-refractivity contribution in [3.05, 3.63) is 0 Å². The van der Waals surface area contributed by atoms with Gasteiger partial charge in [0.05, 0.1) is 6.04 Å². The van der Waals surface area contributed by atoms with Crippen LogP contribution in [0.25, 0.3) is 0 Å². The van der Waals surface area contributed by atoms with E-state index in [1.165, 1.54) is 4.90 Å². The molecule has 102 valence electrons. The lowest BCUT2D eigenvalue weighted by atomic mass is 10.1. The highest BCUT2D eigenvalue weighted by molar-refractivity contribution is 5.89. The predicted molar refractivity (Wildman–Crippen MR) is 66.6 cm³/mol. The van der Waals surface area contributed by atoms with Gasteiger partial charge in [0.25, 0.3) is 0 Å². The van der Waals surface area contributed by atoms with E-state index in [0.717, 1.165) is 0 Å². The van der Waals surface area contributed by atoms with Crippen LogP contribution in [0.2, 0.25) is 0 Å². The fourth-order valence-corrected chi connectivity index (χ4v) is 1.79. The Balaban J connectivity index is 2.52. The lowest BCUT2D eigenvalue weighted by Crippen LogP contribution is -2.50. The van der Waals surface area contributed by atoms with E-state index >= 15 is 0 Å².